The van der Waals surface area contributed by atoms with Crippen molar-refractivity contribution in [1.82, 2.24) is 0 Å². The Hall–Kier alpha value is -2.00. The summed E-state index contributed by atoms with van der Waals surface area (Å²) < 4.78 is 0. The molecule has 96 valence electrons. The highest BCUT2D eigenvalue weighted by Gasteiger charge is 1.99. The summed E-state index contributed by atoms with van der Waals surface area (Å²) in [6, 6.07) is 20.0. The van der Waals surface area contributed by atoms with Gasteiger partial charge >= 0.3 is 0 Å². The summed E-state index contributed by atoms with van der Waals surface area (Å²) in [6.45, 7) is 2.00. The molecule has 0 aliphatic carbocycles. The van der Waals surface area contributed by atoms with E-state index >= 15 is 0 Å². The lowest BCUT2D eigenvalue weighted by Gasteiger charge is -2.07. The molecule has 0 aliphatic rings. The van der Waals surface area contributed by atoms with E-state index in [1.165, 1.54) is 0 Å². The molecule has 2 rings (SSSR count). The first-order valence-electron chi connectivity index (χ1n) is 6.12. The van der Waals surface area contributed by atoms with Crippen molar-refractivity contribution in [3.63, 3.8) is 0 Å². The lowest BCUT2D eigenvalue weighted by atomic mass is 10.3. The molecule has 0 saturated carbocycles. The fraction of sp³-hybridized carbons (Fsp3) is 0.0625. The van der Waals surface area contributed by atoms with Gasteiger partial charge < -0.3 is 5.32 Å². The van der Waals surface area contributed by atoms with Gasteiger partial charge in [-0.05, 0) is 36.6 Å². The number of benzene rings is 2. The maximum atomic E-state index is 4.61. The summed E-state index contributed by atoms with van der Waals surface area (Å²) in [5, 5.41) is 6.19. The number of hydrogen-bond acceptors (Lipinski definition) is 2. The van der Waals surface area contributed by atoms with Crippen LogP contribution >= 0.6 is 11.8 Å². The summed E-state index contributed by atoms with van der Waals surface area (Å²) in [4.78, 5) is 4.61. The molecule has 0 spiro atoms. The predicted octanol–water partition coefficient (Wildman–Crippen LogP) is 5.05. The first-order chi connectivity index (χ1) is 9.38. The number of thioether (sulfide) groups is 1. The van der Waals surface area contributed by atoms with Gasteiger partial charge in [0.2, 0.25) is 0 Å². The first-order valence-corrected chi connectivity index (χ1v) is 7.00. The SMILES string of the molecule is C/C=C/SC(=Nc1ccccc1)Nc1ccccc1. The lowest BCUT2D eigenvalue weighted by Crippen LogP contribution is -2.06. The first kappa shape index (κ1) is 13.4. The molecule has 2 nitrogen and oxygen atoms in total. The van der Waals surface area contributed by atoms with Gasteiger partial charge in [0.25, 0.3) is 0 Å². The molecule has 2 aromatic carbocycles. The zero-order chi connectivity index (χ0) is 13.3. The van der Waals surface area contributed by atoms with Gasteiger partial charge in [0.05, 0.1) is 5.69 Å². The van der Waals surface area contributed by atoms with Gasteiger partial charge in [0.15, 0.2) is 5.17 Å². The van der Waals surface area contributed by atoms with Crippen molar-refractivity contribution < 1.29 is 0 Å². The molecule has 0 unspecified atom stereocenters. The van der Waals surface area contributed by atoms with E-state index in [2.05, 4.69) is 10.3 Å². The molecule has 2 aromatic rings. The third-order valence-corrected chi connectivity index (χ3v) is 3.15. The molecular weight excluding hydrogens is 252 g/mol. The monoisotopic (exact) mass is 268 g/mol. The topological polar surface area (TPSA) is 24.4 Å². The van der Waals surface area contributed by atoms with E-state index in [-0.39, 0.29) is 0 Å². The molecule has 0 bridgehead atoms. The summed E-state index contributed by atoms with van der Waals surface area (Å²) in [6.07, 6.45) is 2.00. The van der Waals surface area contributed by atoms with E-state index < -0.39 is 0 Å². The summed E-state index contributed by atoms with van der Waals surface area (Å²) in [5.41, 5.74) is 1.98. The minimum atomic E-state index is 0.857. The highest BCUT2D eigenvalue weighted by Crippen LogP contribution is 2.17. The number of anilines is 1. The third kappa shape index (κ3) is 4.64. The number of nitrogens with one attached hydrogen (secondary N) is 1. The Morgan fingerprint density at radius 3 is 2.26 bits per heavy atom. The fourth-order valence-electron chi connectivity index (χ4n) is 1.48. The zero-order valence-electron chi connectivity index (χ0n) is 10.8. The van der Waals surface area contributed by atoms with Crippen LogP contribution in [0.2, 0.25) is 0 Å². The smallest absolute Gasteiger partial charge is 0.170 e. The van der Waals surface area contributed by atoms with Crippen LogP contribution in [0.4, 0.5) is 11.4 Å². The van der Waals surface area contributed by atoms with Gasteiger partial charge in [-0.1, -0.05) is 54.2 Å². The average Bonchev–Trinajstić information content (AvgIpc) is 2.47. The molecule has 0 heterocycles. The Bertz CT molecular complexity index is 547. The van der Waals surface area contributed by atoms with Gasteiger partial charge in [-0.25, -0.2) is 4.99 Å². The molecule has 0 fully saturated rings. The third-order valence-electron chi connectivity index (χ3n) is 2.33. The molecule has 1 N–H and O–H groups in total. The van der Waals surface area contributed by atoms with E-state index in [0.717, 1.165) is 16.5 Å². The number of nitrogens with zero attached hydrogens (tertiary/aromatic N) is 1. The summed E-state index contributed by atoms with van der Waals surface area (Å²) >= 11 is 1.57. The highest BCUT2D eigenvalue weighted by atomic mass is 32.2. The van der Waals surface area contributed by atoms with Crippen LogP contribution in [-0.2, 0) is 0 Å². The number of hydrogen-bond donors (Lipinski definition) is 1. The summed E-state index contributed by atoms with van der Waals surface area (Å²) in [5.74, 6) is 0. The van der Waals surface area contributed by atoms with Crippen LogP contribution in [0.3, 0.4) is 0 Å². The Morgan fingerprint density at radius 1 is 1.00 bits per heavy atom. The van der Waals surface area contributed by atoms with Crippen molar-refractivity contribution in [2.45, 2.75) is 6.92 Å². The molecule has 3 heteroatoms. The minimum Gasteiger partial charge on any atom is -0.334 e. The van der Waals surface area contributed by atoms with Crippen molar-refractivity contribution >= 4 is 28.3 Å². The van der Waals surface area contributed by atoms with Gasteiger partial charge in [0, 0.05) is 5.69 Å². The Kier molecular flexibility index (Phi) is 5.26. The molecule has 0 radical (unpaired) electrons. The van der Waals surface area contributed by atoms with Crippen LogP contribution in [0.15, 0.2) is 77.1 Å². The van der Waals surface area contributed by atoms with E-state index in [9.17, 15) is 0 Å². The van der Waals surface area contributed by atoms with Crippen molar-refractivity contribution in [1.29, 1.82) is 0 Å². The predicted molar refractivity (Wildman–Crippen MR) is 86.0 cm³/mol. The lowest BCUT2D eigenvalue weighted by molar-refractivity contribution is 1.51. The second kappa shape index (κ2) is 7.44. The second-order valence-electron chi connectivity index (χ2n) is 3.83. The maximum absolute atomic E-state index is 4.61. The average molecular weight is 268 g/mol. The maximum Gasteiger partial charge on any atom is 0.170 e. The number of allylic oxidation sites excluding steroid dienone is 1. The van der Waals surface area contributed by atoms with Gasteiger partial charge in [-0.2, -0.15) is 0 Å². The van der Waals surface area contributed by atoms with E-state index in [1.807, 2.05) is 79.1 Å². The van der Waals surface area contributed by atoms with E-state index in [1.54, 1.807) is 11.8 Å². The second-order valence-corrected chi connectivity index (χ2v) is 4.73. The van der Waals surface area contributed by atoms with Gasteiger partial charge in [-0.15, -0.1) is 0 Å². The van der Waals surface area contributed by atoms with Crippen molar-refractivity contribution in [2.24, 2.45) is 4.99 Å². The molecule has 0 atom stereocenters. The quantitative estimate of drug-likeness (QED) is 0.622. The normalized spacial score (nSPS) is 11.7. The van der Waals surface area contributed by atoms with Crippen molar-refractivity contribution in [2.75, 3.05) is 5.32 Å². The van der Waals surface area contributed by atoms with Crippen LogP contribution in [0.1, 0.15) is 6.92 Å². The number of rotatable bonds is 3. The molecular formula is C16H16N2S. The van der Waals surface area contributed by atoms with E-state index in [0.29, 0.717) is 0 Å². The van der Waals surface area contributed by atoms with Crippen molar-refractivity contribution in [3.8, 4) is 0 Å². The van der Waals surface area contributed by atoms with Crippen LogP contribution in [0.5, 0.6) is 0 Å². The molecule has 0 amide bonds. The largest absolute Gasteiger partial charge is 0.334 e. The van der Waals surface area contributed by atoms with Crippen LogP contribution in [0, 0.1) is 0 Å². The van der Waals surface area contributed by atoms with Crippen LogP contribution in [-0.4, -0.2) is 5.17 Å². The number of para-hydroxylation sites is 2. The number of amidine groups is 1. The Labute approximate surface area is 118 Å². The molecule has 0 aliphatic heterocycles. The van der Waals surface area contributed by atoms with Gasteiger partial charge in [-0.3, -0.25) is 0 Å². The molecule has 0 saturated heterocycles. The van der Waals surface area contributed by atoms with Crippen LogP contribution < -0.4 is 5.32 Å². The molecule has 19 heavy (non-hydrogen) atoms. The van der Waals surface area contributed by atoms with Crippen molar-refractivity contribution in [3.05, 3.63) is 72.1 Å². The van der Waals surface area contributed by atoms with Crippen LogP contribution in [0.25, 0.3) is 0 Å². The zero-order valence-corrected chi connectivity index (χ0v) is 11.6. The Balaban J connectivity index is 2.18. The molecule has 0 aromatic heterocycles. The highest BCUT2D eigenvalue weighted by molar-refractivity contribution is 8.16. The standard InChI is InChI=1S/C16H16N2S/c1-2-13-19-16(17-14-9-5-3-6-10-14)18-15-11-7-4-8-12-15/h2-13H,1H3,(H,17,18)/b13-2+. The Morgan fingerprint density at radius 2 is 1.63 bits per heavy atom. The van der Waals surface area contributed by atoms with E-state index in [4.69, 9.17) is 0 Å². The fourth-order valence-corrected chi connectivity index (χ4v) is 2.08. The van der Waals surface area contributed by atoms with Gasteiger partial charge in [0.1, 0.15) is 0 Å². The minimum absolute atomic E-state index is 0.857. The summed E-state index contributed by atoms with van der Waals surface area (Å²) in [7, 11) is 0. The number of aliphatic imine (C=N–C) groups is 1.